The van der Waals surface area contributed by atoms with E-state index in [2.05, 4.69) is 58.1 Å². The summed E-state index contributed by atoms with van der Waals surface area (Å²) in [6.45, 7) is 0.517. The second kappa shape index (κ2) is 7.52. The number of aromatic nitrogens is 1. The van der Waals surface area contributed by atoms with Gasteiger partial charge >= 0.3 is 0 Å². The summed E-state index contributed by atoms with van der Waals surface area (Å²) in [4.78, 5) is 16.9. The van der Waals surface area contributed by atoms with Gasteiger partial charge in [0, 0.05) is 30.2 Å². The second-order valence-electron chi connectivity index (χ2n) is 9.31. The van der Waals surface area contributed by atoms with E-state index in [0.29, 0.717) is 24.4 Å². The van der Waals surface area contributed by atoms with Crippen molar-refractivity contribution in [3.63, 3.8) is 0 Å². The van der Waals surface area contributed by atoms with E-state index in [1.54, 1.807) is 12.4 Å². The Morgan fingerprint density at radius 3 is 2.65 bits per heavy atom. The minimum atomic E-state index is -0.00972. The number of anilines is 1. The van der Waals surface area contributed by atoms with Gasteiger partial charge in [-0.3, -0.25) is 9.78 Å². The predicted molar refractivity (Wildman–Crippen MR) is 122 cm³/mol. The van der Waals surface area contributed by atoms with Crippen LogP contribution in [0.3, 0.4) is 0 Å². The highest BCUT2D eigenvalue weighted by atomic mass is 16.1. The third-order valence-electron chi connectivity index (χ3n) is 7.71. The number of hydrogen-bond acceptors (Lipinski definition) is 3. The van der Waals surface area contributed by atoms with Crippen LogP contribution in [0.15, 0.2) is 73.1 Å². The molecule has 4 heteroatoms. The summed E-state index contributed by atoms with van der Waals surface area (Å²) in [5.74, 6) is 2.68. The van der Waals surface area contributed by atoms with Crippen molar-refractivity contribution < 1.29 is 4.79 Å². The van der Waals surface area contributed by atoms with E-state index < -0.39 is 0 Å². The van der Waals surface area contributed by atoms with E-state index in [1.807, 2.05) is 18.2 Å². The molecular formula is C27H27N3O. The highest BCUT2D eigenvalue weighted by molar-refractivity contribution is 5.95. The summed E-state index contributed by atoms with van der Waals surface area (Å²) in [6, 6.07) is 21.4. The van der Waals surface area contributed by atoms with Gasteiger partial charge in [0.15, 0.2) is 0 Å². The van der Waals surface area contributed by atoms with Gasteiger partial charge in [0.25, 0.3) is 5.91 Å². The molecular weight excluding hydrogens is 382 g/mol. The number of rotatable bonds is 4. The van der Waals surface area contributed by atoms with Gasteiger partial charge in [-0.1, -0.05) is 30.3 Å². The first-order valence-electron chi connectivity index (χ1n) is 11.4. The molecule has 1 aliphatic heterocycles. The Bertz CT molecular complexity index is 1100. The molecule has 2 heterocycles. The molecule has 3 aromatic rings. The van der Waals surface area contributed by atoms with Crippen LogP contribution in [0.25, 0.3) is 0 Å². The number of hydrogen-bond donors (Lipinski definition) is 2. The largest absolute Gasteiger partial charge is 0.378 e. The van der Waals surface area contributed by atoms with Crippen molar-refractivity contribution >= 4 is 11.6 Å². The highest BCUT2D eigenvalue weighted by Gasteiger charge is 2.53. The Morgan fingerprint density at radius 1 is 1.00 bits per heavy atom. The lowest BCUT2D eigenvalue weighted by molar-refractivity contribution is 0.0950. The van der Waals surface area contributed by atoms with Crippen molar-refractivity contribution in [2.75, 3.05) is 5.32 Å². The monoisotopic (exact) mass is 409 g/mol. The number of carbonyl (C=O) groups is 1. The maximum atomic E-state index is 12.9. The van der Waals surface area contributed by atoms with Crippen molar-refractivity contribution in [3.8, 4) is 0 Å². The predicted octanol–water partition coefficient (Wildman–Crippen LogP) is 5.31. The van der Waals surface area contributed by atoms with Crippen LogP contribution in [0.1, 0.15) is 58.3 Å². The van der Waals surface area contributed by atoms with Crippen LogP contribution in [-0.4, -0.2) is 10.9 Å². The molecule has 2 aliphatic carbocycles. The molecule has 0 unspecified atom stereocenters. The Balaban J connectivity index is 1.30. The van der Waals surface area contributed by atoms with E-state index in [0.717, 1.165) is 23.0 Å². The number of amides is 1. The van der Waals surface area contributed by atoms with Crippen molar-refractivity contribution in [1.82, 2.24) is 10.3 Å². The molecule has 2 saturated carbocycles. The van der Waals surface area contributed by atoms with Gasteiger partial charge in [-0.15, -0.1) is 0 Å². The number of nitrogens with zero attached hydrogens (tertiary/aromatic N) is 1. The molecule has 4 nitrogen and oxygen atoms in total. The highest BCUT2D eigenvalue weighted by Crippen LogP contribution is 2.63. The quantitative estimate of drug-likeness (QED) is 0.614. The fraction of sp³-hybridized carbons (Fsp3) is 0.333. The minimum Gasteiger partial charge on any atom is -0.378 e. The molecule has 6 rings (SSSR count). The number of nitrogens with one attached hydrogen (secondary N) is 2. The van der Waals surface area contributed by atoms with Crippen LogP contribution in [-0.2, 0) is 6.54 Å². The molecule has 0 spiro atoms. The third kappa shape index (κ3) is 3.21. The summed E-state index contributed by atoms with van der Waals surface area (Å²) in [5, 5.41) is 6.92. The van der Waals surface area contributed by atoms with Crippen molar-refractivity contribution in [1.29, 1.82) is 0 Å². The Morgan fingerprint density at radius 2 is 1.81 bits per heavy atom. The zero-order chi connectivity index (χ0) is 20.8. The molecule has 1 aromatic heterocycles. The zero-order valence-electron chi connectivity index (χ0n) is 17.5. The standard InChI is InChI=1S/C27H27N3O/c31-27(29-16-17-10-12-28-13-11-17)21-8-9-23-22(15-21)24-19-6-7-20(14-19)25(24)26(30-23)18-4-2-1-3-5-18/h1-5,8-13,15,19-20,24-26,30H,6-7,14,16H2,(H,29,31)/t19-,20+,24+,25+,26-/m0/s1. The van der Waals surface area contributed by atoms with Crippen LogP contribution in [0.5, 0.6) is 0 Å². The van der Waals surface area contributed by atoms with Gasteiger partial charge < -0.3 is 10.6 Å². The van der Waals surface area contributed by atoms with E-state index in [1.165, 1.54) is 36.1 Å². The second-order valence-corrected chi connectivity index (χ2v) is 9.31. The number of benzene rings is 2. The lowest BCUT2D eigenvalue weighted by Gasteiger charge is -2.43. The molecule has 1 amide bonds. The van der Waals surface area contributed by atoms with Crippen LogP contribution >= 0.6 is 0 Å². The van der Waals surface area contributed by atoms with Gasteiger partial charge in [-0.2, -0.15) is 0 Å². The van der Waals surface area contributed by atoms with Crippen molar-refractivity contribution in [2.24, 2.45) is 17.8 Å². The Kier molecular flexibility index (Phi) is 4.52. The molecule has 5 atom stereocenters. The molecule has 0 radical (unpaired) electrons. The van der Waals surface area contributed by atoms with E-state index >= 15 is 0 Å². The maximum Gasteiger partial charge on any atom is 0.251 e. The van der Waals surface area contributed by atoms with Crippen LogP contribution in [0.2, 0.25) is 0 Å². The maximum absolute atomic E-state index is 12.9. The average molecular weight is 410 g/mol. The molecule has 2 N–H and O–H groups in total. The van der Waals surface area contributed by atoms with Crippen LogP contribution in [0.4, 0.5) is 5.69 Å². The summed E-state index contributed by atoms with van der Waals surface area (Å²) in [5.41, 5.74) is 5.75. The van der Waals surface area contributed by atoms with Gasteiger partial charge in [0.2, 0.25) is 0 Å². The number of carbonyl (C=O) groups excluding carboxylic acids is 1. The van der Waals surface area contributed by atoms with Gasteiger partial charge in [-0.25, -0.2) is 0 Å². The molecule has 2 aromatic carbocycles. The molecule has 3 aliphatic rings. The SMILES string of the molecule is O=C(NCc1ccncc1)c1ccc2c(c1)[C@H]1[C@H]3CC[C@H](C3)[C@H]1[C@H](c1ccccc1)N2. The summed E-state index contributed by atoms with van der Waals surface area (Å²) in [7, 11) is 0. The van der Waals surface area contributed by atoms with Crippen molar-refractivity contribution in [3.05, 3.63) is 95.3 Å². The van der Waals surface area contributed by atoms with Gasteiger partial charge in [-0.05, 0) is 90.0 Å². The first-order chi connectivity index (χ1) is 15.3. The van der Waals surface area contributed by atoms with Gasteiger partial charge in [0.1, 0.15) is 0 Å². The molecule has 156 valence electrons. The van der Waals surface area contributed by atoms with Crippen LogP contribution in [0, 0.1) is 17.8 Å². The molecule has 2 bridgehead atoms. The Hall–Kier alpha value is -3.14. The molecule has 31 heavy (non-hydrogen) atoms. The fourth-order valence-electron chi connectivity index (χ4n) is 6.40. The van der Waals surface area contributed by atoms with E-state index in [4.69, 9.17) is 0 Å². The smallest absolute Gasteiger partial charge is 0.251 e. The van der Waals surface area contributed by atoms with E-state index in [-0.39, 0.29) is 5.91 Å². The number of fused-ring (bicyclic) bond motifs is 7. The normalized spacial score (nSPS) is 27.8. The summed E-state index contributed by atoms with van der Waals surface area (Å²) >= 11 is 0. The summed E-state index contributed by atoms with van der Waals surface area (Å²) in [6.07, 6.45) is 7.51. The molecule has 0 saturated heterocycles. The van der Waals surface area contributed by atoms with Crippen molar-refractivity contribution in [2.45, 2.75) is 37.8 Å². The zero-order valence-corrected chi connectivity index (χ0v) is 17.5. The lowest BCUT2D eigenvalue weighted by Crippen LogP contribution is -2.35. The van der Waals surface area contributed by atoms with Crippen LogP contribution < -0.4 is 10.6 Å². The summed E-state index contributed by atoms with van der Waals surface area (Å²) < 4.78 is 0. The number of pyridine rings is 1. The minimum absolute atomic E-state index is 0.00972. The third-order valence-corrected chi connectivity index (χ3v) is 7.71. The van der Waals surface area contributed by atoms with Gasteiger partial charge in [0.05, 0.1) is 6.04 Å². The van der Waals surface area contributed by atoms with E-state index in [9.17, 15) is 4.79 Å². The topological polar surface area (TPSA) is 54.0 Å². The first kappa shape index (κ1) is 18.6. The first-order valence-corrected chi connectivity index (χ1v) is 11.4. The lowest BCUT2D eigenvalue weighted by atomic mass is 9.68. The fourth-order valence-corrected chi connectivity index (χ4v) is 6.40. The molecule has 2 fully saturated rings. The Labute approximate surface area is 183 Å². The average Bonchev–Trinajstić information content (AvgIpc) is 3.46.